The van der Waals surface area contributed by atoms with Crippen molar-refractivity contribution in [1.82, 2.24) is 5.32 Å². The Kier molecular flexibility index (Phi) is 6.98. The normalized spacial score (nSPS) is 13.0. The largest absolute Gasteiger partial charge is 0.481 e. The van der Waals surface area contributed by atoms with Crippen LogP contribution in [0.1, 0.15) is 36.6 Å². The number of amides is 1. The SMILES string of the molecule is CCOC(C(=O)N[C@@H](CC(=O)O)c1ccc(Cl)cc1)c1ccccc1. The predicted octanol–water partition coefficient (Wildman–Crippen LogP) is 3.75. The summed E-state index contributed by atoms with van der Waals surface area (Å²) >= 11 is 5.88. The molecule has 0 heterocycles. The van der Waals surface area contributed by atoms with Gasteiger partial charge in [-0.1, -0.05) is 54.1 Å². The van der Waals surface area contributed by atoms with E-state index in [2.05, 4.69) is 5.32 Å². The van der Waals surface area contributed by atoms with Crippen molar-refractivity contribution in [3.63, 3.8) is 0 Å². The van der Waals surface area contributed by atoms with E-state index in [0.29, 0.717) is 22.8 Å². The van der Waals surface area contributed by atoms with Crippen molar-refractivity contribution in [3.05, 3.63) is 70.7 Å². The molecule has 2 N–H and O–H groups in total. The maximum atomic E-state index is 12.7. The predicted molar refractivity (Wildman–Crippen MR) is 95.4 cm³/mol. The smallest absolute Gasteiger partial charge is 0.305 e. The first-order valence-electron chi connectivity index (χ1n) is 7.95. The molecule has 0 aliphatic rings. The van der Waals surface area contributed by atoms with Gasteiger partial charge >= 0.3 is 5.97 Å². The molecule has 0 aliphatic carbocycles. The number of carboxylic acids is 1. The molecule has 132 valence electrons. The summed E-state index contributed by atoms with van der Waals surface area (Å²) in [7, 11) is 0. The minimum atomic E-state index is -1.01. The highest BCUT2D eigenvalue weighted by atomic mass is 35.5. The Hall–Kier alpha value is -2.37. The summed E-state index contributed by atoms with van der Waals surface area (Å²) in [5, 5.41) is 12.5. The zero-order valence-electron chi connectivity index (χ0n) is 13.8. The van der Waals surface area contributed by atoms with Crippen LogP contribution in [0.5, 0.6) is 0 Å². The fourth-order valence-corrected chi connectivity index (χ4v) is 2.61. The van der Waals surface area contributed by atoms with E-state index in [4.69, 9.17) is 21.4 Å². The van der Waals surface area contributed by atoms with Gasteiger partial charge in [-0.25, -0.2) is 0 Å². The lowest BCUT2D eigenvalue weighted by Gasteiger charge is -2.22. The molecular weight excluding hydrogens is 342 g/mol. The quantitative estimate of drug-likeness (QED) is 0.750. The first kappa shape index (κ1) is 19.0. The van der Waals surface area contributed by atoms with Crippen molar-refractivity contribution in [2.75, 3.05) is 6.61 Å². The van der Waals surface area contributed by atoms with Crippen LogP contribution >= 0.6 is 11.6 Å². The van der Waals surface area contributed by atoms with Crippen LogP contribution in [-0.4, -0.2) is 23.6 Å². The molecule has 25 heavy (non-hydrogen) atoms. The highest BCUT2D eigenvalue weighted by Gasteiger charge is 2.25. The number of rotatable bonds is 8. The van der Waals surface area contributed by atoms with Crippen molar-refractivity contribution in [2.45, 2.75) is 25.5 Å². The Morgan fingerprint density at radius 2 is 1.72 bits per heavy atom. The fraction of sp³-hybridized carbons (Fsp3) is 0.263. The summed E-state index contributed by atoms with van der Waals surface area (Å²) in [5.41, 5.74) is 1.38. The van der Waals surface area contributed by atoms with E-state index in [1.54, 1.807) is 43.3 Å². The lowest BCUT2D eigenvalue weighted by atomic mass is 10.0. The molecule has 2 aromatic carbocycles. The number of nitrogens with one attached hydrogen (secondary N) is 1. The molecule has 1 unspecified atom stereocenters. The number of halogens is 1. The van der Waals surface area contributed by atoms with Crippen LogP contribution in [0.3, 0.4) is 0 Å². The Bertz CT molecular complexity index is 703. The number of carboxylic acid groups (broad SMARTS) is 1. The van der Waals surface area contributed by atoms with Crippen molar-refractivity contribution in [3.8, 4) is 0 Å². The first-order valence-corrected chi connectivity index (χ1v) is 8.33. The molecule has 5 nitrogen and oxygen atoms in total. The highest BCUT2D eigenvalue weighted by molar-refractivity contribution is 6.30. The summed E-state index contributed by atoms with van der Waals surface area (Å²) in [6.45, 7) is 2.16. The van der Waals surface area contributed by atoms with E-state index >= 15 is 0 Å². The molecule has 0 aliphatic heterocycles. The third-order valence-corrected chi connectivity index (χ3v) is 3.89. The van der Waals surface area contributed by atoms with E-state index in [-0.39, 0.29) is 12.3 Å². The van der Waals surface area contributed by atoms with Gasteiger partial charge in [-0.15, -0.1) is 0 Å². The summed E-state index contributed by atoms with van der Waals surface area (Å²) in [6.07, 6.45) is -1.03. The van der Waals surface area contributed by atoms with Gasteiger partial charge in [0, 0.05) is 11.6 Å². The van der Waals surface area contributed by atoms with Gasteiger partial charge in [0.05, 0.1) is 12.5 Å². The van der Waals surface area contributed by atoms with Crippen molar-refractivity contribution < 1.29 is 19.4 Å². The second-order valence-corrected chi connectivity index (χ2v) is 5.89. The first-order chi connectivity index (χ1) is 12.0. The average Bonchev–Trinajstić information content (AvgIpc) is 2.60. The third-order valence-electron chi connectivity index (χ3n) is 3.64. The molecule has 0 spiro atoms. The second kappa shape index (κ2) is 9.20. The zero-order chi connectivity index (χ0) is 18.2. The van der Waals surface area contributed by atoms with Gasteiger partial charge in [0.2, 0.25) is 0 Å². The van der Waals surface area contributed by atoms with Gasteiger partial charge < -0.3 is 15.2 Å². The standard InChI is InChI=1S/C19H20ClNO4/c1-2-25-18(14-6-4-3-5-7-14)19(24)21-16(12-17(22)23)13-8-10-15(20)11-9-13/h3-11,16,18H,2,12H2,1H3,(H,21,24)(H,22,23)/t16-,18?/m0/s1. The number of benzene rings is 2. The Morgan fingerprint density at radius 3 is 2.28 bits per heavy atom. The Balaban J connectivity index is 2.21. The minimum Gasteiger partial charge on any atom is -0.481 e. The Morgan fingerprint density at radius 1 is 1.08 bits per heavy atom. The molecule has 6 heteroatoms. The van der Waals surface area contributed by atoms with Gasteiger partial charge in [0.1, 0.15) is 0 Å². The molecule has 0 aromatic heterocycles. The van der Waals surface area contributed by atoms with E-state index < -0.39 is 18.1 Å². The average molecular weight is 362 g/mol. The maximum absolute atomic E-state index is 12.7. The number of aliphatic carboxylic acids is 1. The molecule has 0 fully saturated rings. The zero-order valence-corrected chi connectivity index (χ0v) is 14.6. The maximum Gasteiger partial charge on any atom is 0.305 e. The van der Waals surface area contributed by atoms with E-state index in [1.807, 2.05) is 18.2 Å². The van der Waals surface area contributed by atoms with Crippen LogP contribution < -0.4 is 5.32 Å². The summed E-state index contributed by atoms with van der Waals surface area (Å²) in [4.78, 5) is 23.9. The molecular formula is C19H20ClNO4. The van der Waals surface area contributed by atoms with Gasteiger partial charge in [0.25, 0.3) is 5.91 Å². The molecule has 0 radical (unpaired) electrons. The summed E-state index contributed by atoms with van der Waals surface area (Å²) in [6, 6.07) is 15.2. The topological polar surface area (TPSA) is 75.6 Å². The fourth-order valence-electron chi connectivity index (χ4n) is 2.49. The summed E-state index contributed by atoms with van der Waals surface area (Å²) < 4.78 is 5.57. The second-order valence-electron chi connectivity index (χ2n) is 5.46. The van der Waals surface area contributed by atoms with Crippen LogP contribution in [0.2, 0.25) is 5.02 Å². The number of ether oxygens (including phenoxy) is 1. The number of hydrogen-bond donors (Lipinski definition) is 2. The molecule has 0 saturated heterocycles. The van der Waals surface area contributed by atoms with Gasteiger partial charge in [-0.3, -0.25) is 9.59 Å². The number of carbonyl (C=O) groups excluding carboxylic acids is 1. The van der Waals surface area contributed by atoms with E-state index in [1.165, 1.54) is 0 Å². The van der Waals surface area contributed by atoms with Crippen LogP contribution in [-0.2, 0) is 14.3 Å². The van der Waals surface area contributed by atoms with Crippen LogP contribution in [0.25, 0.3) is 0 Å². The van der Waals surface area contributed by atoms with E-state index in [0.717, 1.165) is 0 Å². The lowest BCUT2D eigenvalue weighted by Crippen LogP contribution is -2.35. The highest BCUT2D eigenvalue weighted by Crippen LogP contribution is 2.23. The van der Waals surface area contributed by atoms with Crippen molar-refractivity contribution in [2.24, 2.45) is 0 Å². The third kappa shape index (κ3) is 5.59. The Labute approximate surface area is 151 Å². The van der Waals surface area contributed by atoms with Crippen LogP contribution in [0, 0.1) is 0 Å². The monoisotopic (exact) mass is 361 g/mol. The number of hydrogen-bond acceptors (Lipinski definition) is 3. The lowest BCUT2D eigenvalue weighted by molar-refractivity contribution is -0.138. The summed E-state index contributed by atoms with van der Waals surface area (Å²) in [5.74, 6) is -1.39. The van der Waals surface area contributed by atoms with E-state index in [9.17, 15) is 9.59 Å². The van der Waals surface area contributed by atoms with Gasteiger partial charge in [-0.2, -0.15) is 0 Å². The molecule has 2 atom stereocenters. The molecule has 1 amide bonds. The van der Waals surface area contributed by atoms with Crippen molar-refractivity contribution in [1.29, 1.82) is 0 Å². The van der Waals surface area contributed by atoms with Crippen LogP contribution in [0.4, 0.5) is 0 Å². The van der Waals surface area contributed by atoms with Crippen molar-refractivity contribution >= 4 is 23.5 Å². The molecule has 0 saturated carbocycles. The van der Waals surface area contributed by atoms with Crippen LogP contribution in [0.15, 0.2) is 54.6 Å². The molecule has 2 rings (SSSR count). The molecule has 0 bridgehead atoms. The number of carbonyl (C=O) groups is 2. The van der Waals surface area contributed by atoms with Gasteiger partial charge in [-0.05, 0) is 30.2 Å². The molecule has 2 aromatic rings. The van der Waals surface area contributed by atoms with Gasteiger partial charge in [0.15, 0.2) is 6.10 Å². The minimum absolute atomic E-state index is 0.235.